The van der Waals surface area contributed by atoms with E-state index < -0.39 is 11.8 Å². The Morgan fingerprint density at radius 1 is 1.40 bits per heavy atom. The van der Waals surface area contributed by atoms with Gasteiger partial charge in [0.25, 0.3) is 0 Å². The Labute approximate surface area is 116 Å². The van der Waals surface area contributed by atoms with Crippen LogP contribution in [0.5, 0.6) is 0 Å². The maximum Gasteiger partial charge on any atom is 0.337 e. The van der Waals surface area contributed by atoms with E-state index in [1.807, 2.05) is 6.92 Å². The molecule has 1 saturated heterocycles. The summed E-state index contributed by atoms with van der Waals surface area (Å²) in [4.78, 5) is 24.9. The molecule has 1 heterocycles. The van der Waals surface area contributed by atoms with Gasteiger partial charge in [-0.1, -0.05) is 0 Å². The first-order valence-corrected chi connectivity index (χ1v) is 6.59. The fraction of sp³-hybridized carbons (Fsp3) is 0.429. The van der Waals surface area contributed by atoms with E-state index >= 15 is 0 Å². The van der Waals surface area contributed by atoms with Gasteiger partial charge in [0, 0.05) is 12.6 Å². The van der Waals surface area contributed by atoms with Gasteiger partial charge in [-0.2, -0.15) is 0 Å². The lowest BCUT2D eigenvalue weighted by molar-refractivity contribution is 0.0698. The molecule has 6 heteroatoms. The first-order valence-electron chi connectivity index (χ1n) is 6.59. The summed E-state index contributed by atoms with van der Waals surface area (Å²) in [6.45, 7) is 2.58. The van der Waals surface area contributed by atoms with Gasteiger partial charge in [-0.15, -0.1) is 0 Å². The molecule has 0 saturated carbocycles. The molecule has 1 aromatic carbocycles. The number of halogens is 1. The third kappa shape index (κ3) is 3.07. The quantitative estimate of drug-likeness (QED) is 0.875. The minimum atomic E-state index is -1.20. The number of likely N-dealkylation sites (tertiary alicyclic amines) is 1. The van der Waals surface area contributed by atoms with Gasteiger partial charge in [-0.3, -0.25) is 0 Å². The van der Waals surface area contributed by atoms with Gasteiger partial charge in [0.2, 0.25) is 0 Å². The topological polar surface area (TPSA) is 69.6 Å². The van der Waals surface area contributed by atoms with Crippen molar-refractivity contribution in [1.82, 2.24) is 4.90 Å². The summed E-state index contributed by atoms with van der Waals surface area (Å²) in [6, 6.07) is 2.95. The standard InChI is InChI=1S/C14H17FN2O3/c1-9-4-2-3-7-17(9)14(20)16-12-8-10(15)5-6-11(12)13(18)19/h5-6,8-9H,2-4,7H2,1H3,(H,16,20)(H,18,19). The number of amides is 2. The fourth-order valence-corrected chi connectivity index (χ4v) is 2.39. The number of hydrogen-bond donors (Lipinski definition) is 2. The van der Waals surface area contributed by atoms with E-state index in [2.05, 4.69) is 5.32 Å². The molecule has 2 N–H and O–H groups in total. The first-order chi connectivity index (χ1) is 9.49. The summed E-state index contributed by atoms with van der Waals surface area (Å²) in [5, 5.41) is 11.5. The van der Waals surface area contributed by atoms with Crippen LogP contribution in [0.15, 0.2) is 18.2 Å². The molecule has 0 aromatic heterocycles. The second-order valence-corrected chi connectivity index (χ2v) is 4.96. The van der Waals surface area contributed by atoms with Gasteiger partial charge in [-0.05, 0) is 44.4 Å². The third-order valence-electron chi connectivity index (χ3n) is 3.52. The largest absolute Gasteiger partial charge is 0.478 e. The number of carboxylic acids is 1. The molecule has 1 aromatic rings. The van der Waals surface area contributed by atoms with Crippen LogP contribution in [0, 0.1) is 5.82 Å². The SMILES string of the molecule is CC1CCCCN1C(=O)Nc1cc(F)ccc1C(=O)O. The Balaban J connectivity index is 2.18. The number of nitrogens with zero attached hydrogens (tertiary/aromatic N) is 1. The molecule has 1 fully saturated rings. The van der Waals surface area contributed by atoms with E-state index in [-0.39, 0.29) is 23.3 Å². The molecule has 108 valence electrons. The molecule has 0 bridgehead atoms. The molecule has 1 unspecified atom stereocenters. The summed E-state index contributed by atoms with van der Waals surface area (Å²) >= 11 is 0. The Morgan fingerprint density at radius 2 is 2.15 bits per heavy atom. The highest BCUT2D eigenvalue weighted by atomic mass is 19.1. The maximum absolute atomic E-state index is 13.2. The Bertz CT molecular complexity index is 533. The lowest BCUT2D eigenvalue weighted by Gasteiger charge is -2.33. The van der Waals surface area contributed by atoms with Crippen LogP contribution in [0.3, 0.4) is 0 Å². The van der Waals surface area contributed by atoms with Crippen LogP contribution in [-0.2, 0) is 0 Å². The Hall–Kier alpha value is -2.11. The van der Waals surface area contributed by atoms with E-state index in [9.17, 15) is 14.0 Å². The number of anilines is 1. The molecule has 20 heavy (non-hydrogen) atoms. The van der Waals surface area contributed by atoms with E-state index in [1.54, 1.807) is 4.90 Å². The predicted octanol–water partition coefficient (Wildman–Crippen LogP) is 2.93. The summed E-state index contributed by atoms with van der Waals surface area (Å²) in [5.74, 6) is -1.79. The Kier molecular flexibility index (Phi) is 4.22. The highest BCUT2D eigenvalue weighted by molar-refractivity contribution is 6.00. The van der Waals surface area contributed by atoms with Crippen LogP contribution < -0.4 is 5.32 Å². The first kappa shape index (κ1) is 14.3. The molecule has 2 rings (SSSR count). The van der Waals surface area contributed by atoms with Crippen LogP contribution in [0.2, 0.25) is 0 Å². The number of benzene rings is 1. The number of carboxylic acid groups (broad SMARTS) is 1. The molecule has 5 nitrogen and oxygen atoms in total. The normalized spacial score (nSPS) is 18.7. The summed E-state index contributed by atoms with van der Waals surface area (Å²) in [6.07, 6.45) is 2.92. The summed E-state index contributed by atoms with van der Waals surface area (Å²) in [5.41, 5.74) is -0.135. The zero-order valence-corrected chi connectivity index (χ0v) is 11.2. The lowest BCUT2D eigenvalue weighted by atomic mass is 10.0. The molecule has 1 aliphatic heterocycles. The summed E-state index contributed by atoms with van der Waals surface area (Å²) < 4.78 is 13.2. The van der Waals surface area contributed by atoms with E-state index in [0.29, 0.717) is 6.54 Å². The van der Waals surface area contributed by atoms with E-state index in [4.69, 9.17) is 5.11 Å². The van der Waals surface area contributed by atoms with Gasteiger partial charge in [0.05, 0.1) is 11.3 Å². The van der Waals surface area contributed by atoms with Gasteiger partial charge < -0.3 is 15.3 Å². The van der Waals surface area contributed by atoms with Crippen molar-refractivity contribution in [3.63, 3.8) is 0 Å². The molecular weight excluding hydrogens is 263 g/mol. The molecule has 0 aliphatic carbocycles. The minimum absolute atomic E-state index is 0.0136. The highest BCUT2D eigenvalue weighted by Gasteiger charge is 2.24. The van der Waals surface area contributed by atoms with Crippen LogP contribution in [0.1, 0.15) is 36.5 Å². The number of rotatable bonds is 2. The maximum atomic E-state index is 13.2. The van der Waals surface area contributed by atoms with Crippen LogP contribution >= 0.6 is 0 Å². The number of carbonyl (C=O) groups excluding carboxylic acids is 1. The van der Waals surface area contributed by atoms with Crippen molar-refractivity contribution in [2.24, 2.45) is 0 Å². The van der Waals surface area contributed by atoms with Gasteiger partial charge in [0.15, 0.2) is 0 Å². The fourth-order valence-electron chi connectivity index (χ4n) is 2.39. The van der Waals surface area contributed by atoms with Crippen molar-refractivity contribution in [3.8, 4) is 0 Å². The molecular formula is C14H17FN2O3. The number of carbonyl (C=O) groups is 2. The number of aromatic carboxylic acids is 1. The smallest absolute Gasteiger partial charge is 0.337 e. The van der Waals surface area contributed by atoms with Crippen molar-refractivity contribution < 1.29 is 19.1 Å². The summed E-state index contributed by atoms with van der Waals surface area (Å²) in [7, 11) is 0. The second kappa shape index (κ2) is 5.90. The number of nitrogens with one attached hydrogen (secondary N) is 1. The monoisotopic (exact) mass is 280 g/mol. The van der Waals surface area contributed by atoms with Gasteiger partial charge in [0.1, 0.15) is 5.82 Å². The zero-order chi connectivity index (χ0) is 14.7. The van der Waals surface area contributed by atoms with Crippen LogP contribution in [0.25, 0.3) is 0 Å². The van der Waals surface area contributed by atoms with Gasteiger partial charge >= 0.3 is 12.0 Å². The van der Waals surface area contributed by atoms with Crippen molar-refractivity contribution in [2.75, 3.05) is 11.9 Å². The molecule has 1 aliphatic rings. The predicted molar refractivity (Wildman–Crippen MR) is 72.4 cm³/mol. The second-order valence-electron chi connectivity index (χ2n) is 4.96. The number of piperidine rings is 1. The third-order valence-corrected chi connectivity index (χ3v) is 3.52. The van der Waals surface area contributed by atoms with Crippen LogP contribution in [-0.4, -0.2) is 34.6 Å². The van der Waals surface area contributed by atoms with Crippen molar-refractivity contribution in [2.45, 2.75) is 32.2 Å². The zero-order valence-electron chi connectivity index (χ0n) is 11.2. The highest BCUT2D eigenvalue weighted by Crippen LogP contribution is 2.21. The molecule has 0 radical (unpaired) electrons. The average Bonchev–Trinajstić information content (AvgIpc) is 2.38. The number of urea groups is 1. The van der Waals surface area contributed by atoms with Crippen molar-refractivity contribution in [1.29, 1.82) is 0 Å². The van der Waals surface area contributed by atoms with Crippen molar-refractivity contribution in [3.05, 3.63) is 29.6 Å². The minimum Gasteiger partial charge on any atom is -0.478 e. The van der Waals surface area contributed by atoms with Crippen LogP contribution in [0.4, 0.5) is 14.9 Å². The molecule has 1 atom stereocenters. The van der Waals surface area contributed by atoms with Gasteiger partial charge in [-0.25, -0.2) is 14.0 Å². The van der Waals surface area contributed by atoms with E-state index in [1.165, 1.54) is 0 Å². The molecule has 2 amide bonds. The Morgan fingerprint density at radius 3 is 2.80 bits per heavy atom. The number of hydrogen-bond acceptors (Lipinski definition) is 2. The molecule has 0 spiro atoms. The van der Waals surface area contributed by atoms with E-state index in [0.717, 1.165) is 37.5 Å². The lowest BCUT2D eigenvalue weighted by Crippen LogP contribution is -2.44. The average molecular weight is 280 g/mol. The van der Waals surface area contributed by atoms with Crippen molar-refractivity contribution >= 4 is 17.7 Å².